The molecular weight excluding hydrogens is 280 g/mol. The molecule has 1 fully saturated rings. The summed E-state index contributed by atoms with van der Waals surface area (Å²) in [5, 5.41) is 13.7. The molecule has 1 unspecified atom stereocenters. The van der Waals surface area contributed by atoms with Crippen molar-refractivity contribution in [1.82, 2.24) is 15.2 Å². The fraction of sp³-hybridized carbons (Fsp3) is 0.583. The highest BCUT2D eigenvalue weighted by Crippen LogP contribution is 2.18. The van der Waals surface area contributed by atoms with Crippen LogP contribution in [0.1, 0.15) is 41.3 Å². The van der Waals surface area contributed by atoms with E-state index in [2.05, 4.69) is 10.3 Å². The monoisotopic (exact) mass is 298 g/mol. The van der Waals surface area contributed by atoms with E-state index in [1.807, 2.05) is 0 Å². The average Bonchev–Trinajstić information content (AvgIpc) is 2.89. The van der Waals surface area contributed by atoms with Gasteiger partial charge in [-0.3, -0.25) is 0 Å². The molecule has 0 aromatic carbocycles. The number of carboxylic acid groups (broad SMARTS) is 1. The van der Waals surface area contributed by atoms with Gasteiger partial charge in [-0.25, -0.2) is 14.6 Å². The summed E-state index contributed by atoms with van der Waals surface area (Å²) in [4.78, 5) is 28.6. The van der Waals surface area contributed by atoms with Crippen molar-refractivity contribution in [2.75, 3.05) is 13.1 Å². The van der Waals surface area contributed by atoms with Crippen molar-refractivity contribution in [2.45, 2.75) is 31.8 Å². The van der Waals surface area contributed by atoms with E-state index >= 15 is 0 Å². The van der Waals surface area contributed by atoms with E-state index in [4.69, 9.17) is 10.8 Å². The number of hydrogen-bond donors (Lipinski definition) is 3. The van der Waals surface area contributed by atoms with E-state index in [9.17, 15) is 9.59 Å². The molecule has 0 bridgehead atoms. The fourth-order valence-electron chi connectivity index (χ4n) is 2.03. The van der Waals surface area contributed by atoms with Crippen LogP contribution in [0.3, 0.4) is 0 Å². The number of aromatic carboxylic acids is 1. The van der Waals surface area contributed by atoms with Crippen LogP contribution in [0.5, 0.6) is 0 Å². The van der Waals surface area contributed by atoms with Crippen LogP contribution in [0, 0.1) is 0 Å². The number of hydrogen-bond acceptors (Lipinski definition) is 5. The highest BCUT2D eigenvalue weighted by Gasteiger charge is 2.23. The Bertz CT molecular complexity index is 497. The molecule has 1 aromatic rings. The number of thiazole rings is 1. The van der Waals surface area contributed by atoms with Gasteiger partial charge >= 0.3 is 12.0 Å². The number of nitrogens with one attached hydrogen (secondary N) is 1. The van der Waals surface area contributed by atoms with Gasteiger partial charge in [-0.2, -0.15) is 0 Å². The molecule has 1 aliphatic heterocycles. The van der Waals surface area contributed by atoms with Gasteiger partial charge in [0.15, 0.2) is 5.69 Å². The number of nitrogens with two attached hydrogens (primary N) is 1. The number of amides is 2. The van der Waals surface area contributed by atoms with Crippen LogP contribution in [0.25, 0.3) is 0 Å². The zero-order valence-electron chi connectivity index (χ0n) is 11.2. The number of nitrogens with zero attached hydrogens (tertiary/aromatic N) is 2. The van der Waals surface area contributed by atoms with Crippen molar-refractivity contribution in [1.29, 1.82) is 0 Å². The molecule has 0 spiro atoms. The molecule has 1 atom stereocenters. The molecule has 0 aliphatic carbocycles. The second-order valence-electron chi connectivity index (χ2n) is 4.87. The first-order valence-corrected chi connectivity index (χ1v) is 7.35. The number of rotatable bonds is 3. The Morgan fingerprint density at radius 2 is 2.20 bits per heavy atom. The Kier molecular flexibility index (Phi) is 4.56. The maximum Gasteiger partial charge on any atom is 0.355 e. The van der Waals surface area contributed by atoms with Gasteiger partial charge in [0.1, 0.15) is 5.01 Å². The first-order chi connectivity index (χ1) is 9.47. The molecule has 0 saturated carbocycles. The molecule has 1 aromatic heterocycles. The summed E-state index contributed by atoms with van der Waals surface area (Å²) < 4.78 is 0. The molecule has 20 heavy (non-hydrogen) atoms. The summed E-state index contributed by atoms with van der Waals surface area (Å²) in [6.07, 6.45) is 1.62. The van der Waals surface area contributed by atoms with Crippen molar-refractivity contribution in [2.24, 2.45) is 5.73 Å². The van der Waals surface area contributed by atoms with Crippen LogP contribution in [-0.4, -0.2) is 46.1 Å². The Balaban J connectivity index is 1.91. The lowest BCUT2D eigenvalue weighted by molar-refractivity contribution is 0.0691. The summed E-state index contributed by atoms with van der Waals surface area (Å²) in [7, 11) is 0. The Morgan fingerprint density at radius 3 is 2.75 bits per heavy atom. The standard InChI is InChI=1S/C12H18N4O3S/c1-7(10-15-9(6-20-10)11(17)18)14-12(19)16-4-2-8(13)3-5-16/h6-8H,2-5,13H2,1H3,(H,14,19)(H,17,18). The van der Waals surface area contributed by atoms with Crippen LogP contribution in [0.4, 0.5) is 4.79 Å². The molecule has 7 nitrogen and oxygen atoms in total. The summed E-state index contributed by atoms with van der Waals surface area (Å²) in [6, 6.07) is -0.291. The van der Waals surface area contributed by atoms with Gasteiger partial charge in [-0.1, -0.05) is 0 Å². The zero-order chi connectivity index (χ0) is 14.7. The van der Waals surface area contributed by atoms with E-state index < -0.39 is 5.97 Å². The van der Waals surface area contributed by atoms with E-state index in [1.54, 1.807) is 11.8 Å². The molecule has 0 radical (unpaired) electrons. The van der Waals surface area contributed by atoms with Gasteiger partial charge in [0.05, 0.1) is 6.04 Å². The normalized spacial score (nSPS) is 17.8. The minimum absolute atomic E-state index is 0.00930. The highest BCUT2D eigenvalue weighted by atomic mass is 32.1. The van der Waals surface area contributed by atoms with E-state index in [0.29, 0.717) is 18.1 Å². The summed E-state index contributed by atoms with van der Waals surface area (Å²) in [5.41, 5.74) is 5.81. The fourth-order valence-corrected chi connectivity index (χ4v) is 2.83. The summed E-state index contributed by atoms with van der Waals surface area (Å²) >= 11 is 1.23. The quantitative estimate of drug-likeness (QED) is 0.772. The Labute approximate surface area is 120 Å². The van der Waals surface area contributed by atoms with Crippen molar-refractivity contribution in [3.05, 3.63) is 16.1 Å². The van der Waals surface area contributed by atoms with Gasteiger partial charge in [0.2, 0.25) is 0 Å². The lowest BCUT2D eigenvalue weighted by Crippen LogP contribution is -2.47. The van der Waals surface area contributed by atoms with E-state index in [-0.39, 0.29) is 23.8 Å². The Morgan fingerprint density at radius 1 is 1.55 bits per heavy atom. The molecule has 2 amide bonds. The molecule has 2 heterocycles. The number of aromatic nitrogens is 1. The molecule has 1 saturated heterocycles. The summed E-state index contributed by atoms with van der Waals surface area (Å²) in [6.45, 7) is 3.09. The molecule has 2 rings (SSSR count). The van der Waals surface area contributed by atoms with Crippen LogP contribution in [0.15, 0.2) is 5.38 Å². The van der Waals surface area contributed by atoms with Gasteiger partial charge in [0, 0.05) is 24.5 Å². The smallest absolute Gasteiger partial charge is 0.355 e. The van der Waals surface area contributed by atoms with Crippen LogP contribution in [0.2, 0.25) is 0 Å². The van der Waals surface area contributed by atoms with Crippen molar-refractivity contribution < 1.29 is 14.7 Å². The maximum atomic E-state index is 12.1. The molecular formula is C12H18N4O3S. The van der Waals surface area contributed by atoms with Gasteiger partial charge in [-0.15, -0.1) is 11.3 Å². The molecule has 110 valence electrons. The van der Waals surface area contributed by atoms with E-state index in [0.717, 1.165) is 12.8 Å². The number of urea groups is 1. The van der Waals surface area contributed by atoms with Crippen LogP contribution < -0.4 is 11.1 Å². The molecule has 1 aliphatic rings. The van der Waals surface area contributed by atoms with Crippen molar-refractivity contribution >= 4 is 23.3 Å². The zero-order valence-corrected chi connectivity index (χ0v) is 12.0. The first-order valence-electron chi connectivity index (χ1n) is 6.47. The molecule has 8 heteroatoms. The first kappa shape index (κ1) is 14.7. The number of carboxylic acids is 1. The van der Waals surface area contributed by atoms with Crippen LogP contribution in [-0.2, 0) is 0 Å². The lowest BCUT2D eigenvalue weighted by atomic mass is 10.1. The van der Waals surface area contributed by atoms with Gasteiger partial charge in [-0.05, 0) is 19.8 Å². The minimum Gasteiger partial charge on any atom is -0.476 e. The highest BCUT2D eigenvalue weighted by molar-refractivity contribution is 7.09. The number of carbonyl (C=O) groups excluding carboxylic acids is 1. The third kappa shape index (κ3) is 3.45. The summed E-state index contributed by atoms with van der Waals surface area (Å²) in [5.74, 6) is -1.06. The second-order valence-corrected chi connectivity index (χ2v) is 5.76. The number of piperidine rings is 1. The van der Waals surface area contributed by atoms with Crippen molar-refractivity contribution in [3.8, 4) is 0 Å². The SMILES string of the molecule is CC(NC(=O)N1CCC(N)CC1)c1nc(C(=O)O)cs1. The predicted octanol–water partition coefficient (Wildman–Crippen LogP) is 1.04. The van der Waals surface area contributed by atoms with Gasteiger partial charge in [0.25, 0.3) is 0 Å². The lowest BCUT2D eigenvalue weighted by Gasteiger charge is -2.31. The average molecular weight is 298 g/mol. The minimum atomic E-state index is -1.06. The van der Waals surface area contributed by atoms with Crippen LogP contribution >= 0.6 is 11.3 Å². The largest absolute Gasteiger partial charge is 0.476 e. The Hall–Kier alpha value is -1.67. The van der Waals surface area contributed by atoms with Gasteiger partial charge < -0.3 is 21.1 Å². The third-order valence-corrected chi connectivity index (χ3v) is 4.31. The van der Waals surface area contributed by atoms with E-state index in [1.165, 1.54) is 16.7 Å². The second kappa shape index (κ2) is 6.19. The topological polar surface area (TPSA) is 109 Å². The number of carbonyl (C=O) groups is 2. The predicted molar refractivity (Wildman–Crippen MR) is 74.8 cm³/mol. The third-order valence-electron chi connectivity index (χ3n) is 3.28. The van der Waals surface area contributed by atoms with Crippen molar-refractivity contribution in [3.63, 3.8) is 0 Å². The molecule has 4 N–H and O–H groups in total. The maximum absolute atomic E-state index is 12.1. The number of likely N-dealkylation sites (tertiary alicyclic amines) is 1.